The monoisotopic (exact) mass is 460 g/mol. The lowest BCUT2D eigenvalue weighted by Gasteiger charge is -1.82. The molecule has 0 unspecified atom stereocenters. The maximum Gasteiger partial charge on any atom is 0.466 e. The van der Waals surface area contributed by atoms with Crippen LogP contribution in [0.4, 0.5) is 0 Å². The van der Waals surface area contributed by atoms with Gasteiger partial charge in [-0.2, -0.15) is 0 Å². The Morgan fingerprint density at radius 2 is 0.760 bits per heavy atom. The number of phosphoric acid groups is 4. The van der Waals surface area contributed by atoms with Crippen LogP contribution >= 0.6 is 31.3 Å². The van der Waals surface area contributed by atoms with E-state index in [1.165, 1.54) is 0 Å². The van der Waals surface area contributed by atoms with Crippen LogP contribution in [0.2, 0.25) is 0 Å². The van der Waals surface area contributed by atoms with Crippen LogP contribution in [0, 0.1) is 0 Å². The molecule has 1 rings (SSSR count). The Labute approximate surface area is 138 Å². The number of aromatic nitrogens is 2. The third kappa shape index (κ3) is 513. The average molecular weight is 460 g/mol. The van der Waals surface area contributed by atoms with Crippen LogP contribution < -0.4 is 0 Å². The van der Waals surface area contributed by atoms with E-state index in [0.717, 1.165) is 0 Å². The first-order chi connectivity index (χ1) is 10.5. The zero-order chi connectivity index (χ0) is 21.5. The predicted octanol–water partition coefficient (Wildman–Crippen LogP) is -3.30. The highest BCUT2D eigenvalue weighted by molar-refractivity contribution is 7.45. The summed E-state index contributed by atoms with van der Waals surface area (Å²) in [6.07, 6.45) is 5.08. The minimum Gasteiger partial charge on any atom is -0.351 e. The third-order valence-corrected chi connectivity index (χ3v) is 0.406. The second-order valence-electron chi connectivity index (χ2n) is 2.81. The van der Waals surface area contributed by atoms with E-state index in [9.17, 15) is 0 Å². The number of hydrogen-bond acceptors (Lipinski definition) is 5. The van der Waals surface area contributed by atoms with E-state index in [2.05, 4.69) is 9.97 Å². The smallest absolute Gasteiger partial charge is 0.351 e. The molecule has 0 amide bonds. The Kier molecular flexibility index (Phi) is 19.1. The standard InChI is InChI=1S/C3H4N2.4H3O4P/c1-2-5-3-4-1;4*1-5(2,3)4/h1-3H,(H,4,5);4*(H3,1,2,3,4). The zero-order valence-electron chi connectivity index (χ0n) is 11.5. The van der Waals surface area contributed by atoms with Gasteiger partial charge >= 0.3 is 31.3 Å². The van der Waals surface area contributed by atoms with E-state index in [0.29, 0.717) is 0 Å². The van der Waals surface area contributed by atoms with Gasteiger partial charge in [-0.3, -0.25) is 0 Å². The van der Waals surface area contributed by atoms with Crippen molar-refractivity contribution in [3.8, 4) is 0 Å². The number of imidazole rings is 1. The van der Waals surface area contributed by atoms with Crippen LogP contribution in [0.1, 0.15) is 0 Å². The van der Waals surface area contributed by atoms with Gasteiger partial charge in [-0.15, -0.1) is 0 Å². The Morgan fingerprint density at radius 3 is 0.800 bits per heavy atom. The molecule has 22 heteroatoms. The van der Waals surface area contributed by atoms with Crippen LogP contribution in [-0.4, -0.2) is 68.7 Å². The first-order valence-electron chi connectivity index (χ1n) is 4.56. The second kappa shape index (κ2) is 14.8. The van der Waals surface area contributed by atoms with Gasteiger partial charge in [-0.25, -0.2) is 23.2 Å². The van der Waals surface area contributed by atoms with E-state index in [4.69, 9.17) is 77.0 Å². The summed E-state index contributed by atoms with van der Waals surface area (Å²) in [7, 11) is -18.6. The Balaban J connectivity index is -0.000000110. The fourth-order valence-corrected chi connectivity index (χ4v) is 0.215. The number of rotatable bonds is 0. The summed E-state index contributed by atoms with van der Waals surface area (Å²) in [6.45, 7) is 0. The van der Waals surface area contributed by atoms with Gasteiger partial charge in [-0.1, -0.05) is 0 Å². The molecule has 0 saturated carbocycles. The normalized spacial score (nSPS) is 11.0. The lowest BCUT2D eigenvalue weighted by atomic mass is 11.0. The van der Waals surface area contributed by atoms with Crippen LogP contribution in [0.5, 0.6) is 0 Å². The summed E-state index contributed by atoms with van der Waals surface area (Å²) in [5.74, 6) is 0. The summed E-state index contributed by atoms with van der Waals surface area (Å²) in [4.78, 5) is 92.7. The first-order valence-corrected chi connectivity index (χ1v) is 10.8. The summed E-state index contributed by atoms with van der Waals surface area (Å²) < 4.78 is 35.5. The summed E-state index contributed by atoms with van der Waals surface area (Å²) in [6, 6.07) is 0. The number of aromatic amines is 1. The van der Waals surface area contributed by atoms with Crippen molar-refractivity contribution in [1.29, 1.82) is 0 Å². The van der Waals surface area contributed by atoms with Gasteiger partial charge in [0.05, 0.1) is 6.33 Å². The molecule has 0 aliphatic heterocycles. The zero-order valence-corrected chi connectivity index (χ0v) is 15.0. The molecule has 1 aromatic rings. The SMILES string of the molecule is O=P(O)(O)O.O=P(O)(O)O.O=P(O)(O)O.O=P(O)(O)O.c1c[nH]cn1. The molecule has 0 spiro atoms. The summed E-state index contributed by atoms with van der Waals surface area (Å²) in [5.41, 5.74) is 0. The molecule has 18 nitrogen and oxygen atoms in total. The average Bonchev–Trinajstić information content (AvgIpc) is 2.59. The van der Waals surface area contributed by atoms with Crippen LogP contribution in [-0.2, 0) is 18.3 Å². The second-order valence-corrected chi connectivity index (χ2v) is 6.92. The molecule has 13 N–H and O–H groups in total. The molecule has 25 heavy (non-hydrogen) atoms. The van der Waals surface area contributed by atoms with Gasteiger partial charge in [0.1, 0.15) is 0 Å². The van der Waals surface area contributed by atoms with Crippen molar-refractivity contribution < 1.29 is 77.0 Å². The molecule has 0 bridgehead atoms. The van der Waals surface area contributed by atoms with Gasteiger partial charge in [0.2, 0.25) is 0 Å². The lowest BCUT2D eigenvalue weighted by molar-refractivity contribution is 0.272. The van der Waals surface area contributed by atoms with E-state index < -0.39 is 31.3 Å². The molecule has 1 heterocycles. The molecule has 0 aliphatic carbocycles. The van der Waals surface area contributed by atoms with Crippen LogP contribution in [0.25, 0.3) is 0 Å². The molecular weight excluding hydrogens is 444 g/mol. The number of H-pyrrole nitrogens is 1. The topological polar surface area (TPSA) is 340 Å². The highest BCUT2D eigenvalue weighted by atomic mass is 31.2. The summed E-state index contributed by atoms with van der Waals surface area (Å²) >= 11 is 0. The quantitative estimate of drug-likeness (QED) is 0.168. The van der Waals surface area contributed by atoms with Crippen LogP contribution in [0.3, 0.4) is 0 Å². The van der Waals surface area contributed by atoms with E-state index >= 15 is 0 Å². The van der Waals surface area contributed by atoms with E-state index in [-0.39, 0.29) is 0 Å². The fourth-order valence-electron chi connectivity index (χ4n) is 0.215. The van der Waals surface area contributed by atoms with Crippen molar-refractivity contribution in [2.75, 3.05) is 0 Å². The Bertz CT molecular complexity index is 444. The largest absolute Gasteiger partial charge is 0.466 e. The molecule has 0 radical (unpaired) electrons. The molecule has 0 atom stereocenters. The van der Waals surface area contributed by atoms with Gasteiger partial charge in [0.25, 0.3) is 0 Å². The van der Waals surface area contributed by atoms with Crippen molar-refractivity contribution in [2.24, 2.45) is 0 Å². The number of nitrogens with zero attached hydrogens (tertiary/aromatic N) is 1. The minimum absolute atomic E-state index is 1.62. The number of hydrogen-bond donors (Lipinski definition) is 13. The van der Waals surface area contributed by atoms with Gasteiger partial charge in [-0.05, 0) is 0 Å². The molecule has 0 aromatic carbocycles. The van der Waals surface area contributed by atoms with Gasteiger partial charge < -0.3 is 63.7 Å². The van der Waals surface area contributed by atoms with Gasteiger partial charge in [0, 0.05) is 12.4 Å². The molecule has 1 aromatic heterocycles. The van der Waals surface area contributed by atoms with Gasteiger partial charge in [0.15, 0.2) is 0 Å². The fraction of sp³-hybridized carbons (Fsp3) is 0. The lowest BCUT2D eigenvalue weighted by Crippen LogP contribution is -1.66. The molecule has 0 aliphatic rings. The maximum absolute atomic E-state index is 8.88. The minimum atomic E-state index is -4.64. The van der Waals surface area contributed by atoms with E-state index in [1.807, 2.05) is 0 Å². The molecule has 0 fully saturated rings. The molecular formula is C3H16N2O16P4. The van der Waals surface area contributed by atoms with Crippen molar-refractivity contribution in [2.45, 2.75) is 0 Å². The van der Waals surface area contributed by atoms with Crippen molar-refractivity contribution in [3.05, 3.63) is 18.7 Å². The van der Waals surface area contributed by atoms with Crippen molar-refractivity contribution in [1.82, 2.24) is 9.97 Å². The summed E-state index contributed by atoms with van der Waals surface area (Å²) in [5, 5.41) is 0. The highest BCUT2D eigenvalue weighted by Crippen LogP contribution is 2.27. The third-order valence-electron chi connectivity index (χ3n) is 0.406. The maximum atomic E-state index is 8.88. The van der Waals surface area contributed by atoms with Crippen molar-refractivity contribution in [3.63, 3.8) is 0 Å². The Morgan fingerprint density at radius 1 is 0.560 bits per heavy atom. The number of nitrogens with one attached hydrogen (secondary N) is 1. The Hall–Kier alpha value is -0.350. The van der Waals surface area contributed by atoms with E-state index in [1.54, 1.807) is 18.7 Å². The predicted molar refractivity (Wildman–Crippen MR) is 75.6 cm³/mol. The molecule has 0 saturated heterocycles. The highest BCUT2D eigenvalue weighted by Gasteiger charge is 2.01. The first kappa shape index (κ1) is 32.3. The molecule has 154 valence electrons. The van der Waals surface area contributed by atoms with Crippen LogP contribution in [0.15, 0.2) is 18.7 Å². The van der Waals surface area contributed by atoms with Crippen molar-refractivity contribution >= 4 is 31.3 Å².